The minimum atomic E-state index is -0.520. The molecular weight excluding hydrogens is 446 g/mol. The lowest BCUT2D eigenvalue weighted by Gasteiger charge is -2.12. The molecule has 0 saturated heterocycles. The average Bonchev–Trinajstić information content (AvgIpc) is 2.80. The van der Waals surface area contributed by atoms with Crippen molar-refractivity contribution in [1.29, 1.82) is 0 Å². The molecule has 1 N–H and O–H groups in total. The number of carbonyl (C=O) groups excluding carboxylic acids is 2. The van der Waals surface area contributed by atoms with Crippen molar-refractivity contribution in [3.8, 4) is 0 Å². The quantitative estimate of drug-likeness (QED) is 0.653. The standard InChI is InChI=1S/C16H15Br2NO3S/c1-8-4-9(2)14(10(3)5-8)19-13(20)7-22-16(21)12-6-11(17)15(18)23-12/h4-6H,7H2,1-3H3,(H,19,20). The summed E-state index contributed by atoms with van der Waals surface area (Å²) in [5, 5.41) is 2.80. The molecule has 0 spiro atoms. The SMILES string of the molecule is Cc1cc(C)c(NC(=O)COC(=O)c2cc(Br)c(Br)s2)c(C)c1. The third-order valence-electron chi connectivity index (χ3n) is 3.12. The number of amides is 1. The molecule has 2 rings (SSSR count). The van der Waals surface area contributed by atoms with Crippen molar-refractivity contribution in [2.75, 3.05) is 11.9 Å². The highest BCUT2D eigenvalue weighted by Crippen LogP contribution is 2.32. The number of benzene rings is 1. The topological polar surface area (TPSA) is 55.4 Å². The third kappa shape index (κ3) is 4.65. The molecule has 0 aliphatic carbocycles. The zero-order valence-electron chi connectivity index (χ0n) is 12.8. The molecule has 1 aromatic heterocycles. The first kappa shape index (κ1) is 18.2. The molecule has 0 aliphatic rings. The summed E-state index contributed by atoms with van der Waals surface area (Å²) < 4.78 is 6.64. The van der Waals surface area contributed by atoms with Crippen LogP contribution in [-0.4, -0.2) is 18.5 Å². The lowest BCUT2D eigenvalue weighted by Crippen LogP contribution is -2.21. The molecule has 1 amide bonds. The van der Waals surface area contributed by atoms with Gasteiger partial charge in [-0.15, -0.1) is 11.3 Å². The summed E-state index contributed by atoms with van der Waals surface area (Å²) in [6, 6.07) is 5.65. The van der Waals surface area contributed by atoms with Crippen molar-refractivity contribution in [3.05, 3.63) is 48.0 Å². The molecule has 0 radical (unpaired) electrons. The van der Waals surface area contributed by atoms with Gasteiger partial charge >= 0.3 is 5.97 Å². The number of halogens is 2. The Morgan fingerprint density at radius 1 is 1.13 bits per heavy atom. The zero-order valence-corrected chi connectivity index (χ0v) is 16.8. The summed E-state index contributed by atoms with van der Waals surface area (Å²) in [6.07, 6.45) is 0. The Morgan fingerprint density at radius 3 is 2.26 bits per heavy atom. The summed E-state index contributed by atoms with van der Waals surface area (Å²) in [6.45, 7) is 5.55. The number of hydrogen-bond donors (Lipinski definition) is 1. The Kier molecular flexibility index (Phi) is 6.00. The Morgan fingerprint density at radius 2 is 1.74 bits per heavy atom. The van der Waals surface area contributed by atoms with Crippen LogP contribution in [0.25, 0.3) is 0 Å². The first-order valence-electron chi connectivity index (χ1n) is 6.77. The Balaban J connectivity index is 1.97. The molecule has 122 valence electrons. The smallest absolute Gasteiger partial charge is 0.348 e. The van der Waals surface area contributed by atoms with Crippen molar-refractivity contribution >= 4 is 60.8 Å². The van der Waals surface area contributed by atoms with Crippen LogP contribution in [0, 0.1) is 20.8 Å². The largest absolute Gasteiger partial charge is 0.451 e. The molecule has 0 saturated carbocycles. The number of anilines is 1. The molecular formula is C16H15Br2NO3S. The maximum absolute atomic E-state index is 12.0. The van der Waals surface area contributed by atoms with Gasteiger partial charge in [0, 0.05) is 10.2 Å². The summed E-state index contributed by atoms with van der Waals surface area (Å²) in [5.41, 5.74) is 3.86. The van der Waals surface area contributed by atoms with Gasteiger partial charge in [-0.05, 0) is 69.8 Å². The zero-order chi connectivity index (χ0) is 17.1. The van der Waals surface area contributed by atoms with Gasteiger partial charge in [-0.3, -0.25) is 4.79 Å². The summed E-state index contributed by atoms with van der Waals surface area (Å²) in [5.74, 6) is -0.878. The van der Waals surface area contributed by atoms with E-state index in [0.29, 0.717) is 4.88 Å². The fourth-order valence-corrected chi connectivity index (χ4v) is 4.13. The van der Waals surface area contributed by atoms with Crippen LogP contribution in [-0.2, 0) is 9.53 Å². The average molecular weight is 461 g/mol. The van der Waals surface area contributed by atoms with E-state index in [9.17, 15) is 9.59 Å². The Labute approximate surface area is 155 Å². The molecule has 0 aliphatic heterocycles. The highest BCUT2D eigenvalue weighted by atomic mass is 79.9. The molecule has 23 heavy (non-hydrogen) atoms. The maximum Gasteiger partial charge on any atom is 0.348 e. The van der Waals surface area contributed by atoms with Crippen LogP contribution in [0.3, 0.4) is 0 Å². The molecule has 0 bridgehead atoms. The van der Waals surface area contributed by atoms with Crippen molar-refractivity contribution in [3.63, 3.8) is 0 Å². The maximum atomic E-state index is 12.0. The lowest BCUT2D eigenvalue weighted by atomic mass is 10.1. The van der Waals surface area contributed by atoms with Crippen LogP contribution < -0.4 is 5.32 Å². The van der Waals surface area contributed by atoms with E-state index in [1.165, 1.54) is 11.3 Å². The number of carbonyl (C=O) groups is 2. The summed E-state index contributed by atoms with van der Waals surface area (Å²) in [4.78, 5) is 24.3. The fraction of sp³-hybridized carbons (Fsp3) is 0.250. The van der Waals surface area contributed by atoms with Gasteiger partial charge in [-0.1, -0.05) is 17.7 Å². The molecule has 7 heteroatoms. The molecule has 0 unspecified atom stereocenters. The van der Waals surface area contributed by atoms with E-state index in [1.54, 1.807) is 6.07 Å². The van der Waals surface area contributed by atoms with Crippen molar-refractivity contribution in [1.82, 2.24) is 0 Å². The van der Waals surface area contributed by atoms with Crippen molar-refractivity contribution in [2.45, 2.75) is 20.8 Å². The molecule has 0 atom stereocenters. The highest BCUT2D eigenvalue weighted by molar-refractivity contribution is 9.13. The summed E-state index contributed by atoms with van der Waals surface area (Å²) in [7, 11) is 0. The molecule has 0 fully saturated rings. The first-order valence-corrected chi connectivity index (χ1v) is 9.18. The second-order valence-corrected chi connectivity index (χ2v) is 8.35. The van der Waals surface area contributed by atoms with Crippen LogP contribution in [0.5, 0.6) is 0 Å². The monoisotopic (exact) mass is 459 g/mol. The second kappa shape index (κ2) is 7.59. The third-order valence-corrected chi connectivity index (χ3v) is 6.36. The Bertz CT molecular complexity index is 728. The number of ether oxygens (including phenoxy) is 1. The highest BCUT2D eigenvalue weighted by Gasteiger charge is 2.15. The molecule has 2 aromatic rings. The fourth-order valence-electron chi connectivity index (χ4n) is 2.20. The normalized spacial score (nSPS) is 10.5. The van der Waals surface area contributed by atoms with Crippen LogP contribution in [0.15, 0.2) is 26.5 Å². The predicted molar refractivity (Wildman–Crippen MR) is 99.3 cm³/mol. The number of rotatable bonds is 4. The first-order chi connectivity index (χ1) is 10.8. The van der Waals surface area contributed by atoms with E-state index in [1.807, 2.05) is 32.9 Å². The van der Waals surface area contributed by atoms with Gasteiger partial charge in [0.05, 0.1) is 3.79 Å². The lowest BCUT2D eigenvalue weighted by molar-refractivity contribution is -0.119. The van der Waals surface area contributed by atoms with Gasteiger partial charge in [0.2, 0.25) is 0 Å². The van der Waals surface area contributed by atoms with Crippen molar-refractivity contribution in [2.24, 2.45) is 0 Å². The van der Waals surface area contributed by atoms with Crippen LogP contribution in [0.1, 0.15) is 26.4 Å². The van der Waals surface area contributed by atoms with Gasteiger partial charge in [0.25, 0.3) is 5.91 Å². The minimum absolute atomic E-state index is 0.321. The van der Waals surface area contributed by atoms with Gasteiger partial charge in [0.15, 0.2) is 6.61 Å². The van der Waals surface area contributed by atoms with E-state index in [2.05, 4.69) is 37.2 Å². The number of nitrogens with one attached hydrogen (secondary N) is 1. The number of hydrogen-bond acceptors (Lipinski definition) is 4. The van der Waals surface area contributed by atoms with E-state index in [-0.39, 0.29) is 12.5 Å². The van der Waals surface area contributed by atoms with E-state index < -0.39 is 5.97 Å². The van der Waals surface area contributed by atoms with Gasteiger partial charge in [-0.2, -0.15) is 0 Å². The number of esters is 1. The number of aryl methyl sites for hydroxylation is 3. The van der Waals surface area contributed by atoms with E-state index in [0.717, 1.165) is 30.6 Å². The molecule has 4 nitrogen and oxygen atoms in total. The van der Waals surface area contributed by atoms with Crippen LogP contribution in [0.4, 0.5) is 5.69 Å². The van der Waals surface area contributed by atoms with E-state index in [4.69, 9.17) is 4.74 Å². The summed E-state index contributed by atoms with van der Waals surface area (Å²) >= 11 is 7.87. The molecule has 1 aromatic carbocycles. The molecule has 1 heterocycles. The van der Waals surface area contributed by atoms with Crippen LogP contribution >= 0.6 is 43.2 Å². The second-order valence-electron chi connectivity index (χ2n) is 5.13. The minimum Gasteiger partial charge on any atom is -0.451 e. The van der Waals surface area contributed by atoms with Crippen LogP contribution in [0.2, 0.25) is 0 Å². The van der Waals surface area contributed by atoms with Gasteiger partial charge in [0.1, 0.15) is 4.88 Å². The van der Waals surface area contributed by atoms with Crippen molar-refractivity contribution < 1.29 is 14.3 Å². The Hall–Kier alpha value is -1.18. The number of thiophene rings is 1. The van der Waals surface area contributed by atoms with Gasteiger partial charge < -0.3 is 10.1 Å². The van der Waals surface area contributed by atoms with E-state index >= 15 is 0 Å². The van der Waals surface area contributed by atoms with Gasteiger partial charge in [-0.25, -0.2) is 4.79 Å². The predicted octanol–water partition coefficient (Wildman–Crippen LogP) is 4.99.